The number of hydrogen-bond donors (Lipinski definition) is 2. The molecule has 0 radical (unpaired) electrons. The van der Waals surface area contributed by atoms with Gasteiger partial charge < -0.3 is 20.1 Å². The van der Waals surface area contributed by atoms with E-state index in [4.69, 9.17) is 9.47 Å². The van der Waals surface area contributed by atoms with E-state index in [-0.39, 0.29) is 12.1 Å². The maximum atomic E-state index is 11.7. The van der Waals surface area contributed by atoms with Gasteiger partial charge in [0, 0.05) is 37.9 Å². The molecule has 116 valence electrons. The van der Waals surface area contributed by atoms with Crippen LogP contribution in [0.1, 0.15) is 25.8 Å². The molecule has 6 nitrogen and oxygen atoms in total. The lowest BCUT2D eigenvalue weighted by molar-refractivity contribution is 0.185. The highest BCUT2D eigenvalue weighted by Gasteiger charge is 2.16. The van der Waals surface area contributed by atoms with E-state index >= 15 is 0 Å². The van der Waals surface area contributed by atoms with Gasteiger partial charge in [0.1, 0.15) is 0 Å². The molecule has 6 heteroatoms. The van der Waals surface area contributed by atoms with E-state index in [2.05, 4.69) is 15.6 Å². The number of pyridine rings is 1. The molecule has 2 heterocycles. The molecule has 0 bridgehead atoms. The van der Waals surface area contributed by atoms with Gasteiger partial charge in [-0.15, -0.1) is 0 Å². The summed E-state index contributed by atoms with van der Waals surface area (Å²) in [6.07, 6.45) is 2.83. The van der Waals surface area contributed by atoms with Gasteiger partial charge in [0.25, 0.3) is 0 Å². The van der Waals surface area contributed by atoms with Crippen LogP contribution in [0.4, 0.5) is 4.79 Å². The van der Waals surface area contributed by atoms with E-state index in [1.54, 1.807) is 6.20 Å². The fraction of sp³-hybridized carbons (Fsp3) is 0.600. The molecular formula is C15H23N3O3. The summed E-state index contributed by atoms with van der Waals surface area (Å²) in [5.41, 5.74) is 0.936. The number of carbonyl (C=O) groups is 1. The number of aromatic nitrogens is 1. The first-order valence-corrected chi connectivity index (χ1v) is 7.34. The number of ether oxygens (including phenoxy) is 2. The third-order valence-corrected chi connectivity index (χ3v) is 3.18. The summed E-state index contributed by atoms with van der Waals surface area (Å²) in [6.45, 7) is 6.55. The second kappa shape index (κ2) is 7.83. The quantitative estimate of drug-likeness (QED) is 0.837. The molecule has 1 aliphatic rings. The minimum atomic E-state index is -0.163. The summed E-state index contributed by atoms with van der Waals surface area (Å²) in [5, 5.41) is 5.67. The topological polar surface area (TPSA) is 72.5 Å². The van der Waals surface area contributed by atoms with E-state index in [1.165, 1.54) is 0 Å². The van der Waals surface area contributed by atoms with Crippen molar-refractivity contribution in [1.29, 1.82) is 0 Å². The van der Waals surface area contributed by atoms with Crippen molar-refractivity contribution in [2.75, 3.05) is 19.8 Å². The van der Waals surface area contributed by atoms with Gasteiger partial charge in [-0.2, -0.15) is 0 Å². The van der Waals surface area contributed by atoms with Gasteiger partial charge in [-0.3, -0.25) is 0 Å². The normalized spacial score (nSPS) is 17.8. The maximum absolute atomic E-state index is 11.7. The molecule has 1 atom stereocenters. The Hall–Kier alpha value is -1.82. The number of hydrogen-bond acceptors (Lipinski definition) is 4. The Balaban J connectivity index is 1.68. The Morgan fingerprint density at radius 1 is 1.48 bits per heavy atom. The van der Waals surface area contributed by atoms with Crippen molar-refractivity contribution in [3.8, 4) is 5.88 Å². The monoisotopic (exact) mass is 293 g/mol. The van der Waals surface area contributed by atoms with E-state index in [9.17, 15) is 4.79 Å². The van der Waals surface area contributed by atoms with Gasteiger partial charge in [-0.25, -0.2) is 9.78 Å². The summed E-state index contributed by atoms with van der Waals surface area (Å²) in [7, 11) is 0. The van der Waals surface area contributed by atoms with Gasteiger partial charge in [0.15, 0.2) is 0 Å². The van der Waals surface area contributed by atoms with Crippen molar-refractivity contribution in [3.63, 3.8) is 0 Å². The van der Waals surface area contributed by atoms with Crippen LogP contribution in [0.2, 0.25) is 0 Å². The van der Waals surface area contributed by atoms with Crippen LogP contribution in [0, 0.1) is 5.92 Å². The zero-order chi connectivity index (χ0) is 15.1. The highest BCUT2D eigenvalue weighted by molar-refractivity contribution is 5.73. The van der Waals surface area contributed by atoms with Crippen LogP contribution < -0.4 is 15.4 Å². The zero-order valence-corrected chi connectivity index (χ0v) is 12.6. The Kier molecular flexibility index (Phi) is 5.80. The molecule has 0 spiro atoms. The summed E-state index contributed by atoms with van der Waals surface area (Å²) < 4.78 is 10.7. The average Bonchev–Trinajstić information content (AvgIpc) is 2.97. The number of rotatable bonds is 6. The van der Waals surface area contributed by atoms with Crippen LogP contribution in [0.15, 0.2) is 18.3 Å². The molecule has 0 aromatic carbocycles. The van der Waals surface area contributed by atoms with Crippen molar-refractivity contribution < 1.29 is 14.3 Å². The van der Waals surface area contributed by atoms with Crippen LogP contribution in [0.5, 0.6) is 5.88 Å². The maximum Gasteiger partial charge on any atom is 0.315 e. The summed E-state index contributed by atoms with van der Waals surface area (Å²) in [4.78, 5) is 15.9. The minimum absolute atomic E-state index is 0.104. The first-order chi connectivity index (χ1) is 10.1. The standard InChI is InChI=1S/C15H23N3O3/c1-11(2)21-14-4-3-12(7-16-14)8-17-15(19)18-9-13-5-6-20-10-13/h3-4,7,11,13H,5-6,8-10H2,1-2H3,(H2,17,18,19)/t13-/m1/s1. The van der Waals surface area contributed by atoms with E-state index in [0.717, 1.165) is 25.2 Å². The molecule has 0 unspecified atom stereocenters. The van der Waals surface area contributed by atoms with Crippen molar-refractivity contribution in [3.05, 3.63) is 23.9 Å². The largest absolute Gasteiger partial charge is 0.475 e. The molecule has 0 aliphatic carbocycles. The van der Waals surface area contributed by atoms with Crippen molar-refractivity contribution >= 4 is 6.03 Å². The molecule has 1 aliphatic heterocycles. The van der Waals surface area contributed by atoms with Crippen LogP contribution in [0.3, 0.4) is 0 Å². The molecule has 1 saturated heterocycles. The number of carbonyl (C=O) groups excluding carboxylic acids is 1. The SMILES string of the molecule is CC(C)Oc1ccc(CNC(=O)NC[C@H]2CCOC2)cn1. The summed E-state index contributed by atoms with van der Waals surface area (Å²) in [6, 6.07) is 3.55. The molecule has 21 heavy (non-hydrogen) atoms. The van der Waals surface area contributed by atoms with Gasteiger partial charge in [0.05, 0.1) is 12.7 Å². The Bertz CT molecular complexity index is 442. The minimum Gasteiger partial charge on any atom is -0.475 e. The van der Waals surface area contributed by atoms with Crippen LogP contribution in [0.25, 0.3) is 0 Å². The van der Waals surface area contributed by atoms with Gasteiger partial charge >= 0.3 is 6.03 Å². The second-order valence-corrected chi connectivity index (χ2v) is 5.46. The molecule has 1 fully saturated rings. The highest BCUT2D eigenvalue weighted by Crippen LogP contribution is 2.11. The third kappa shape index (κ3) is 5.59. The third-order valence-electron chi connectivity index (χ3n) is 3.18. The Morgan fingerprint density at radius 3 is 2.95 bits per heavy atom. The van der Waals surface area contributed by atoms with Crippen molar-refractivity contribution in [2.45, 2.75) is 32.9 Å². The second-order valence-electron chi connectivity index (χ2n) is 5.46. The Morgan fingerprint density at radius 2 is 2.33 bits per heavy atom. The molecule has 1 aromatic heterocycles. The van der Waals surface area contributed by atoms with Crippen LogP contribution in [-0.4, -0.2) is 36.9 Å². The van der Waals surface area contributed by atoms with Crippen LogP contribution >= 0.6 is 0 Å². The number of amides is 2. The van der Waals surface area contributed by atoms with E-state index < -0.39 is 0 Å². The molecule has 1 aromatic rings. The number of nitrogens with one attached hydrogen (secondary N) is 2. The van der Waals surface area contributed by atoms with Crippen LogP contribution in [-0.2, 0) is 11.3 Å². The lowest BCUT2D eigenvalue weighted by Crippen LogP contribution is -2.38. The zero-order valence-electron chi connectivity index (χ0n) is 12.6. The predicted octanol–water partition coefficient (Wildman–Crippen LogP) is 1.70. The lowest BCUT2D eigenvalue weighted by atomic mass is 10.1. The van der Waals surface area contributed by atoms with Crippen molar-refractivity contribution in [1.82, 2.24) is 15.6 Å². The highest BCUT2D eigenvalue weighted by atomic mass is 16.5. The smallest absolute Gasteiger partial charge is 0.315 e. The molecule has 2 N–H and O–H groups in total. The predicted molar refractivity (Wildman–Crippen MR) is 79.2 cm³/mol. The molecular weight excluding hydrogens is 270 g/mol. The molecule has 2 rings (SSSR count). The molecule has 2 amide bonds. The first kappa shape index (κ1) is 15.6. The number of urea groups is 1. The summed E-state index contributed by atoms with van der Waals surface area (Å²) >= 11 is 0. The first-order valence-electron chi connectivity index (χ1n) is 7.34. The van der Waals surface area contributed by atoms with Gasteiger partial charge in [-0.1, -0.05) is 6.07 Å². The number of nitrogens with zero attached hydrogens (tertiary/aromatic N) is 1. The fourth-order valence-electron chi connectivity index (χ4n) is 2.05. The van der Waals surface area contributed by atoms with Gasteiger partial charge in [0.2, 0.25) is 5.88 Å². The van der Waals surface area contributed by atoms with Crippen molar-refractivity contribution in [2.24, 2.45) is 5.92 Å². The Labute approximate surface area is 125 Å². The summed E-state index contributed by atoms with van der Waals surface area (Å²) in [5.74, 6) is 1.03. The van der Waals surface area contributed by atoms with E-state index in [1.807, 2.05) is 26.0 Å². The fourth-order valence-corrected chi connectivity index (χ4v) is 2.05. The van der Waals surface area contributed by atoms with Gasteiger partial charge in [-0.05, 0) is 25.8 Å². The average molecular weight is 293 g/mol. The lowest BCUT2D eigenvalue weighted by Gasteiger charge is -2.11. The van der Waals surface area contributed by atoms with E-state index in [0.29, 0.717) is 24.9 Å². The molecule has 0 saturated carbocycles.